The van der Waals surface area contributed by atoms with E-state index < -0.39 is 0 Å². The van der Waals surface area contributed by atoms with Gasteiger partial charge in [0.2, 0.25) is 0 Å². The van der Waals surface area contributed by atoms with Crippen LogP contribution in [0.5, 0.6) is 0 Å². The second kappa shape index (κ2) is 7.43. The molecule has 84 valence electrons. The van der Waals surface area contributed by atoms with Crippen LogP contribution in [0.3, 0.4) is 0 Å². The molecule has 1 aromatic carbocycles. The summed E-state index contributed by atoms with van der Waals surface area (Å²) in [6.07, 6.45) is 2.68. The van der Waals surface area contributed by atoms with E-state index in [4.69, 9.17) is 0 Å². The number of aliphatic hydroxyl groups excluding tert-OH is 1. The summed E-state index contributed by atoms with van der Waals surface area (Å²) in [5.74, 6) is 0. The van der Waals surface area contributed by atoms with Crippen LogP contribution in [0.25, 0.3) is 0 Å². The Morgan fingerprint density at radius 3 is 2.67 bits per heavy atom. The van der Waals surface area contributed by atoms with E-state index in [0.29, 0.717) is 6.54 Å². The number of hydrogen-bond acceptors (Lipinski definition) is 2. The van der Waals surface area contributed by atoms with Crippen LogP contribution in [-0.4, -0.2) is 24.3 Å². The van der Waals surface area contributed by atoms with Gasteiger partial charge in [0.25, 0.3) is 0 Å². The summed E-state index contributed by atoms with van der Waals surface area (Å²) in [7, 11) is 0. The summed E-state index contributed by atoms with van der Waals surface area (Å²) >= 11 is 0. The van der Waals surface area contributed by atoms with Crippen molar-refractivity contribution in [3.8, 4) is 0 Å². The average molecular weight is 207 g/mol. The maximum Gasteiger partial charge on any atom is 0.0667 e. The maximum absolute atomic E-state index is 9.67. The number of benzene rings is 1. The largest absolute Gasteiger partial charge is 0.392 e. The molecule has 0 aliphatic rings. The molecule has 0 aliphatic heterocycles. The zero-order valence-electron chi connectivity index (χ0n) is 9.45. The van der Waals surface area contributed by atoms with E-state index in [0.717, 1.165) is 25.8 Å². The molecule has 1 rings (SSSR count). The van der Waals surface area contributed by atoms with E-state index in [1.165, 1.54) is 5.56 Å². The fraction of sp³-hybridized carbons (Fsp3) is 0.538. The lowest BCUT2D eigenvalue weighted by molar-refractivity contribution is 0.162. The highest BCUT2D eigenvalue weighted by molar-refractivity contribution is 5.14. The van der Waals surface area contributed by atoms with Crippen molar-refractivity contribution in [3.05, 3.63) is 35.9 Å². The van der Waals surface area contributed by atoms with Gasteiger partial charge in [-0.15, -0.1) is 0 Å². The molecular weight excluding hydrogens is 186 g/mol. The lowest BCUT2D eigenvalue weighted by Crippen LogP contribution is -2.27. The Balaban J connectivity index is 2.14. The second-order valence-electron chi connectivity index (χ2n) is 3.88. The summed E-state index contributed by atoms with van der Waals surface area (Å²) in [4.78, 5) is 0. The van der Waals surface area contributed by atoms with Crippen LogP contribution >= 0.6 is 0 Å². The van der Waals surface area contributed by atoms with Gasteiger partial charge in [0.1, 0.15) is 0 Å². The Hall–Kier alpha value is -0.860. The fourth-order valence-corrected chi connectivity index (χ4v) is 1.53. The third-order valence-corrected chi connectivity index (χ3v) is 2.42. The van der Waals surface area contributed by atoms with Crippen molar-refractivity contribution in [3.63, 3.8) is 0 Å². The van der Waals surface area contributed by atoms with Gasteiger partial charge < -0.3 is 10.4 Å². The standard InChI is InChI=1S/C13H21NO/c1-2-10-14-11-13(15)9-8-12-6-4-3-5-7-12/h3-7,13-15H,2,8-11H2,1H3. The molecule has 2 N–H and O–H groups in total. The zero-order valence-corrected chi connectivity index (χ0v) is 9.45. The van der Waals surface area contributed by atoms with Crippen LogP contribution in [0.15, 0.2) is 30.3 Å². The molecule has 0 saturated heterocycles. The van der Waals surface area contributed by atoms with Gasteiger partial charge in [-0.3, -0.25) is 0 Å². The van der Waals surface area contributed by atoms with Crippen molar-refractivity contribution in [1.29, 1.82) is 0 Å². The first-order chi connectivity index (χ1) is 7.33. The van der Waals surface area contributed by atoms with Crippen molar-refractivity contribution in [2.45, 2.75) is 32.3 Å². The SMILES string of the molecule is CCCNCC(O)CCc1ccccc1. The Bertz CT molecular complexity index is 248. The fourth-order valence-electron chi connectivity index (χ4n) is 1.53. The van der Waals surface area contributed by atoms with Gasteiger partial charge >= 0.3 is 0 Å². The number of nitrogens with one attached hydrogen (secondary N) is 1. The lowest BCUT2D eigenvalue weighted by atomic mass is 10.1. The molecule has 0 heterocycles. The minimum atomic E-state index is -0.225. The molecule has 1 unspecified atom stereocenters. The minimum Gasteiger partial charge on any atom is -0.392 e. The molecule has 0 amide bonds. The Labute approximate surface area is 92.3 Å². The highest BCUT2D eigenvalue weighted by atomic mass is 16.3. The summed E-state index contributed by atoms with van der Waals surface area (Å²) in [6.45, 7) is 3.83. The maximum atomic E-state index is 9.67. The number of hydrogen-bond donors (Lipinski definition) is 2. The molecule has 0 radical (unpaired) electrons. The lowest BCUT2D eigenvalue weighted by Gasteiger charge is -2.11. The molecular formula is C13H21NO. The van der Waals surface area contributed by atoms with Crippen molar-refractivity contribution >= 4 is 0 Å². The van der Waals surface area contributed by atoms with E-state index in [1.54, 1.807) is 0 Å². The molecule has 0 bridgehead atoms. The zero-order chi connectivity index (χ0) is 10.9. The van der Waals surface area contributed by atoms with Gasteiger partial charge in [0, 0.05) is 6.54 Å². The topological polar surface area (TPSA) is 32.3 Å². The van der Waals surface area contributed by atoms with Gasteiger partial charge in [-0.2, -0.15) is 0 Å². The van der Waals surface area contributed by atoms with E-state index in [1.807, 2.05) is 18.2 Å². The van der Waals surface area contributed by atoms with Crippen molar-refractivity contribution in [2.24, 2.45) is 0 Å². The number of aryl methyl sites for hydroxylation is 1. The first-order valence-corrected chi connectivity index (χ1v) is 5.75. The van der Waals surface area contributed by atoms with E-state index in [-0.39, 0.29) is 6.10 Å². The molecule has 0 spiro atoms. The van der Waals surface area contributed by atoms with Crippen molar-refractivity contribution < 1.29 is 5.11 Å². The first-order valence-electron chi connectivity index (χ1n) is 5.75. The third kappa shape index (κ3) is 5.55. The van der Waals surface area contributed by atoms with Crippen LogP contribution in [0, 0.1) is 0 Å². The number of aliphatic hydroxyl groups is 1. The highest BCUT2D eigenvalue weighted by Crippen LogP contribution is 2.04. The first kappa shape index (κ1) is 12.2. The van der Waals surface area contributed by atoms with E-state index >= 15 is 0 Å². The summed E-state index contributed by atoms with van der Waals surface area (Å²) in [5, 5.41) is 12.9. The van der Waals surface area contributed by atoms with E-state index in [9.17, 15) is 5.11 Å². The van der Waals surface area contributed by atoms with Crippen LogP contribution in [0.2, 0.25) is 0 Å². The van der Waals surface area contributed by atoms with Gasteiger partial charge in [0.15, 0.2) is 0 Å². The highest BCUT2D eigenvalue weighted by Gasteiger charge is 2.03. The van der Waals surface area contributed by atoms with Gasteiger partial charge in [-0.25, -0.2) is 0 Å². The molecule has 1 atom stereocenters. The van der Waals surface area contributed by atoms with E-state index in [2.05, 4.69) is 24.4 Å². The van der Waals surface area contributed by atoms with Crippen LogP contribution in [0.4, 0.5) is 0 Å². The summed E-state index contributed by atoms with van der Waals surface area (Å²) in [5.41, 5.74) is 1.30. The molecule has 0 saturated carbocycles. The predicted octanol–water partition coefficient (Wildman–Crippen LogP) is 1.98. The van der Waals surface area contributed by atoms with Gasteiger partial charge in [-0.05, 0) is 31.4 Å². The third-order valence-electron chi connectivity index (χ3n) is 2.42. The minimum absolute atomic E-state index is 0.225. The second-order valence-corrected chi connectivity index (χ2v) is 3.88. The predicted molar refractivity (Wildman–Crippen MR) is 63.9 cm³/mol. The molecule has 2 heteroatoms. The molecule has 0 aliphatic carbocycles. The van der Waals surface area contributed by atoms with Crippen molar-refractivity contribution in [2.75, 3.05) is 13.1 Å². The van der Waals surface area contributed by atoms with Crippen LogP contribution < -0.4 is 5.32 Å². The Morgan fingerprint density at radius 2 is 2.00 bits per heavy atom. The van der Waals surface area contributed by atoms with Gasteiger partial charge in [0.05, 0.1) is 6.10 Å². The summed E-state index contributed by atoms with van der Waals surface area (Å²) in [6, 6.07) is 10.3. The molecule has 15 heavy (non-hydrogen) atoms. The monoisotopic (exact) mass is 207 g/mol. The van der Waals surface area contributed by atoms with Crippen LogP contribution in [0.1, 0.15) is 25.3 Å². The normalized spacial score (nSPS) is 12.7. The van der Waals surface area contributed by atoms with Gasteiger partial charge in [-0.1, -0.05) is 37.3 Å². The summed E-state index contributed by atoms with van der Waals surface area (Å²) < 4.78 is 0. The average Bonchev–Trinajstić information content (AvgIpc) is 2.28. The van der Waals surface area contributed by atoms with Crippen molar-refractivity contribution in [1.82, 2.24) is 5.32 Å². The smallest absolute Gasteiger partial charge is 0.0667 e. The Morgan fingerprint density at radius 1 is 1.27 bits per heavy atom. The molecule has 0 aromatic heterocycles. The van der Waals surface area contributed by atoms with Crippen LogP contribution in [-0.2, 0) is 6.42 Å². The molecule has 0 fully saturated rings. The Kier molecular flexibility index (Phi) is 6.05. The molecule has 1 aromatic rings. The molecule has 2 nitrogen and oxygen atoms in total. The number of rotatable bonds is 7. The quantitative estimate of drug-likeness (QED) is 0.670.